The molecule has 1 heterocycles. The van der Waals surface area contributed by atoms with Crippen LogP contribution in [0.1, 0.15) is 35.7 Å². The number of halogens is 1. The van der Waals surface area contributed by atoms with Crippen LogP contribution in [0.5, 0.6) is 0 Å². The van der Waals surface area contributed by atoms with E-state index in [1.54, 1.807) is 11.3 Å². The van der Waals surface area contributed by atoms with E-state index in [9.17, 15) is 4.79 Å². The lowest BCUT2D eigenvalue weighted by atomic mass is 10.1. The fourth-order valence-corrected chi connectivity index (χ4v) is 3.02. The molecule has 0 saturated carbocycles. The number of hydrogen-bond acceptors (Lipinski definition) is 2. The first kappa shape index (κ1) is 15.1. The zero-order valence-corrected chi connectivity index (χ0v) is 12.8. The van der Waals surface area contributed by atoms with E-state index in [0.717, 1.165) is 23.3 Å². The SMILES string of the molecule is O=C(CCCCCl)NC(c1ccccc1)c1cccs1. The fraction of sp³-hybridized carbons (Fsp3) is 0.312. The van der Waals surface area contributed by atoms with Crippen LogP contribution in [0, 0.1) is 0 Å². The van der Waals surface area contributed by atoms with E-state index in [-0.39, 0.29) is 11.9 Å². The maximum absolute atomic E-state index is 12.0. The number of amides is 1. The predicted molar refractivity (Wildman–Crippen MR) is 85.3 cm³/mol. The third-order valence-corrected chi connectivity index (χ3v) is 4.26. The van der Waals surface area contributed by atoms with Crippen molar-refractivity contribution in [2.24, 2.45) is 0 Å². The maximum Gasteiger partial charge on any atom is 0.220 e. The van der Waals surface area contributed by atoms with Crippen molar-refractivity contribution in [3.63, 3.8) is 0 Å². The zero-order chi connectivity index (χ0) is 14.2. The summed E-state index contributed by atoms with van der Waals surface area (Å²) < 4.78 is 0. The van der Waals surface area contributed by atoms with Crippen LogP contribution >= 0.6 is 22.9 Å². The number of hydrogen-bond donors (Lipinski definition) is 1. The van der Waals surface area contributed by atoms with Gasteiger partial charge in [0.1, 0.15) is 0 Å². The number of rotatable bonds is 7. The number of carbonyl (C=O) groups is 1. The summed E-state index contributed by atoms with van der Waals surface area (Å²) in [7, 11) is 0. The van der Waals surface area contributed by atoms with Gasteiger partial charge in [0.2, 0.25) is 5.91 Å². The van der Waals surface area contributed by atoms with Gasteiger partial charge in [-0.05, 0) is 29.9 Å². The second-order valence-electron chi connectivity index (χ2n) is 4.57. The smallest absolute Gasteiger partial charge is 0.220 e. The summed E-state index contributed by atoms with van der Waals surface area (Å²) >= 11 is 7.30. The monoisotopic (exact) mass is 307 g/mol. The second kappa shape index (κ2) is 8.08. The van der Waals surface area contributed by atoms with E-state index in [1.165, 1.54) is 0 Å². The number of thiophene rings is 1. The predicted octanol–water partition coefficient (Wildman–Crippen LogP) is 4.36. The quantitative estimate of drug-likeness (QED) is 0.597. The molecular formula is C16H18ClNOS. The van der Waals surface area contributed by atoms with Crippen molar-refractivity contribution >= 4 is 28.8 Å². The molecule has 106 valence electrons. The van der Waals surface area contributed by atoms with Crippen molar-refractivity contribution in [1.82, 2.24) is 5.32 Å². The third kappa shape index (κ3) is 4.36. The number of unbranched alkanes of at least 4 members (excludes halogenated alkanes) is 1. The Kier molecular flexibility index (Phi) is 6.09. The Bertz CT molecular complexity index is 513. The molecule has 0 aliphatic carbocycles. The highest BCUT2D eigenvalue weighted by molar-refractivity contribution is 7.10. The summed E-state index contributed by atoms with van der Waals surface area (Å²) in [6, 6.07) is 14.1. The molecule has 1 aromatic carbocycles. The van der Waals surface area contributed by atoms with Gasteiger partial charge in [0.25, 0.3) is 0 Å². The van der Waals surface area contributed by atoms with Gasteiger partial charge >= 0.3 is 0 Å². The van der Waals surface area contributed by atoms with E-state index in [2.05, 4.69) is 11.4 Å². The average molecular weight is 308 g/mol. The first-order chi connectivity index (χ1) is 9.81. The highest BCUT2D eigenvalue weighted by Crippen LogP contribution is 2.26. The first-order valence-corrected chi connectivity index (χ1v) is 8.16. The van der Waals surface area contributed by atoms with E-state index in [1.807, 2.05) is 41.8 Å². The van der Waals surface area contributed by atoms with Crippen LogP contribution < -0.4 is 5.32 Å². The van der Waals surface area contributed by atoms with Crippen LogP contribution in [-0.2, 0) is 4.79 Å². The molecule has 2 aromatic rings. The van der Waals surface area contributed by atoms with Crippen molar-refractivity contribution in [3.05, 3.63) is 58.3 Å². The molecule has 0 radical (unpaired) electrons. The molecule has 0 aliphatic rings. The summed E-state index contributed by atoms with van der Waals surface area (Å²) in [5, 5.41) is 5.16. The number of nitrogens with one attached hydrogen (secondary N) is 1. The van der Waals surface area contributed by atoms with Gasteiger partial charge in [-0.15, -0.1) is 22.9 Å². The van der Waals surface area contributed by atoms with Crippen LogP contribution in [0.15, 0.2) is 47.8 Å². The van der Waals surface area contributed by atoms with Gasteiger partial charge in [-0.25, -0.2) is 0 Å². The highest BCUT2D eigenvalue weighted by atomic mass is 35.5. The summed E-state index contributed by atoms with van der Waals surface area (Å²) in [6.45, 7) is 0. The van der Waals surface area contributed by atoms with Gasteiger partial charge in [0.15, 0.2) is 0 Å². The highest BCUT2D eigenvalue weighted by Gasteiger charge is 2.17. The summed E-state index contributed by atoms with van der Waals surface area (Å²) in [5.74, 6) is 0.692. The van der Waals surface area contributed by atoms with E-state index < -0.39 is 0 Å². The normalized spacial score (nSPS) is 12.1. The van der Waals surface area contributed by atoms with Crippen LogP contribution in [0.4, 0.5) is 0 Å². The molecule has 2 rings (SSSR count). The minimum absolute atomic E-state index is 0.0558. The Labute approximate surface area is 128 Å². The minimum Gasteiger partial charge on any atom is -0.344 e. The van der Waals surface area contributed by atoms with Crippen molar-refractivity contribution in [3.8, 4) is 0 Å². The largest absolute Gasteiger partial charge is 0.344 e. The van der Waals surface area contributed by atoms with Crippen LogP contribution in [0.3, 0.4) is 0 Å². The van der Waals surface area contributed by atoms with Gasteiger partial charge < -0.3 is 5.32 Å². The summed E-state index contributed by atoms with van der Waals surface area (Å²) in [4.78, 5) is 13.2. The standard InChI is InChI=1S/C16H18ClNOS/c17-11-5-4-10-15(19)18-16(14-9-6-12-20-14)13-7-2-1-3-8-13/h1-3,6-9,12,16H,4-5,10-11H2,(H,18,19). The molecule has 1 atom stereocenters. The van der Waals surface area contributed by atoms with Crippen molar-refractivity contribution < 1.29 is 4.79 Å². The Hall–Kier alpha value is -1.32. The van der Waals surface area contributed by atoms with Crippen LogP contribution in [0.25, 0.3) is 0 Å². The van der Waals surface area contributed by atoms with Crippen molar-refractivity contribution in [2.75, 3.05) is 5.88 Å². The number of carbonyl (C=O) groups excluding carboxylic acids is 1. The van der Waals surface area contributed by atoms with Gasteiger partial charge in [-0.1, -0.05) is 36.4 Å². The molecule has 1 unspecified atom stereocenters. The van der Waals surface area contributed by atoms with Crippen LogP contribution in [0.2, 0.25) is 0 Å². The average Bonchev–Trinajstić information content (AvgIpc) is 3.00. The lowest BCUT2D eigenvalue weighted by Gasteiger charge is -2.18. The molecule has 0 saturated heterocycles. The van der Waals surface area contributed by atoms with Gasteiger partial charge in [-0.2, -0.15) is 0 Å². The Morgan fingerprint density at radius 1 is 1.15 bits per heavy atom. The van der Waals surface area contributed by atoms with Gasteiger partial charge in [-0.3, -0.25) is 4.79 Å². The Morgan fingerprint density at radius 2 is 1.95 bits per heavy atom. The van der Waals surface area contributed by atoms with Crippen molar-refractivity contribution in [1.29, 1.82) is 0 Å². The first-order valence-electron chi connectivity index (χ1n) is 6.75. The fourth-order valence-electron chi connectivity index (χ4n) is 2.03. The lowest BCUT2D eigenvalue weighted by Crippen LogP contribution is -2.28. The molecule has 4 heteroatoms. The molecule has 0 bridgehead atoms. The summed E-state index contributed by atoms with van der Waals surface area (Å²) in [5.41, 5.74) is 1.11. The molecule has 1 amide bonds. The summed E-state index contributed by atoms with van der Waals surface area (Å²) in [6.07, 6.45) is 2.24. The molecule has 1 N–H and O–H groups in total. The molecule has 0 aliphatic heterocycles. The Balaban J connectivity index is 2.06. The van der Waals surface area contributed by atoms with Crippen molar-refractivity contribution in [2.45, 2.75) is 25.3 Å². The topological polar surface area (TPSA) is 29.1 Å². The molecule has 2 nitrogen and oxygen atoms in total. The third-order valence-electron chi connectivity index (χ3n) is 3.05. The molecule has 20 heavy (non-hydrogen) atoms. The van der Waals surface area contributed by atoms with Gasteiger partial charge in [0.05, 0.1) is 6.04 Å². The number of benzene rings is 1. The van der Waals surface area contributed by atoms with E-state index >= 15 is 0 Å². The van der Waals surface area contributed by atoms with E-state index in [4.69, 9.17) is 11.6 Å². The Morgan fingerprint density at radius 3 is 2.60 bits per heavy atom. The molecule has 0 fully saturated rings. The molecule has 1 aromatic heterocycles. The van der Waals surface area contributed by atoms with Crippen LogP contribution in [-0.4, -0.2) is 11.8 Å². The lowest BCUT2D eigenvalue weighted by molar-refractivity contribution is -0.121. The maximum atomic E-state index is 12.0. The molecule has 0 spiro atoms. The zero-order valence-electron chi connectivity index (χ0n) is 11.2. The minimum atomic E-state index is -0.0558. The van der Waals surface area contributed by atoms with Gasteiger partial charge in [0, 0.05) is 17.2 Å². The second-order valence-corrected chi connectivity index (χ2v) is 5.93. The molecular weight excluding hydrogens is 290 g/mol. The number of alkyl halides is 1. The van der Waals surface area contributed by atoms with E-state index in [0.29, 0.717) is 12.3 Å².